The smallest absolute Gasteiger partial charge is 0.337 e. The van der Waals surface area contributed by atoms with Crippen LogP contribution in [0, 0.1) is 23.0 Å². The van der Waals surface area contributed by atoms with Crippen molar-refractivity contribution in [2.75, 3.05) is 7.11 Å². The zero-order chi connectivity index (χ0) is 26.4. The Hall–Kier alpha value is -5.03. The van der Waals surface area contributed by atoms with Crippen molar-refractivity contribution in [1.82, 2.24) is 5.32 Å². The van der Waals surface area contributed by atoms with Gasteiger partial charge in [-0.3, -0.25) is 4.79 Å². The Morgan fingerprint density at radius 1 is 0.865 bits per heavy atom. The lowest BCUT2D eigenvalue weighted by atomic mass is 10.00. The summed E-state index contributed by atoms with van der Waals surface area (Å²) >= 11 is 0. The summed E-state index contributed by atoms with van der Waals surface area (Å²) in [6, 6.07) is 22.4. The summed E-state index contributed by atoms with van der Waals surface area (Å²) in [4.78, 5) is 24.9. The number of nitriles is 1. The Labute approximate surface area is 211 Å². The maximum Gasteiger partial charge on any atom is 0.337 e. The van der Waals surface area contributed by atoms with Crippen LogP contribution in [0.1, 0.15) is 31.8 Å². The number of hydrogen-bond donors (Lipinski definition) is 1. The zero-order valence-corrected chi connectivity index (χ0v) is 19.6. The largest absolute Gasteiger partial charge is 0.465 e. The minimum Gasteiger partial charge on any atom is -0.465 e. The van der Waals surface area contributed by atoms with E-state index in [1.165, 1.54) is 49.6 Å². The van der Waals surface area contributed by atoms with Gasteiger partial charge in [0.15, 0.2) is 0 Å². The molecular weight excluding hydrogens is 478 g/mol. The van der Waals surface area contributed by atoms with E-state index in [1.807, 2.05) is 6.07 Å². The molecule has 0 aromatic heterocycles. The molecule has 0 aliphatic rings. The summed E-state index contributed by atoms with van der Waals surface area (Å²) in [6.07, 6.45) is 0. The SMILES string of the molecule is COC(=O)c1ccc(CNC(=O)c2cc(-c3cc(F)cc(C#N)c3)ccc2Oc2ccc(F)cc2)cc1. The van der Waals surface area contributed by atoms with Gasteiger partial charge in [0.1, 0.15) is 23.1 Å². The van der Waals surface area contributed by atoms with E-state index in [4.69, 9.17) is 4.74 Å². The maximum atomic E-state index is 14.1. The molecule has 4 rings (SSSR count). The van der Waals surface area contributed by atoms with E-state index in [0.29, 0.717) is 22.4 Å². The number of ether oxygens (including phenoxy) is 2. The number of hydrogen-bond acceptors (Lipinski definition) is 5. The van der Waals surface area contributed by atoms with Gasteiger partial charge in [-0.25, -0.2) is 13.6 Å². The second-order valence-corrected chi connectivity index (χ2v) is 7.98. The first-order valence-corrected chi connectivity index (χ1v) is 11.1. The fourth-order valence-corrected chi connectivity index (χ4v) is 3.58. The first kappa shape index (κ1) is 25.1. The van der Waals surface area contributed by atoms with E-state index in [0.717, 1.165) is 11.6 Å². The van der Waals surface area contributed by atoms with Crippen LogP contribution in [0.4, 0.5) is 8.78 Å². The van der Waals surface area contributed by atoms with Crippen LogP contribution in [-0.2, 0) is 11.3 Å². The topological polar surface area (TPSA) is 88.4 Å². The molecule has 0 heterocycles. The lowest BCUT2D eigenvalue weighted by molar-refractivity contribution is 0.0600. The van der Waals surface area contributed by atoms with E-state index < -0.39 is 23.5 Å². The van der Waals surface area contributed by atoms with Crippen LogP contribution >= 0.6 is 0 Å². The van der Waals surface area contributed by atoms with Crippen LogP contribution in [0.2, 0.25) is 0 Å². The Morgan fingerprint density at radius 3 is 2.27 bits per heavy atom. The standard InChI is InChI=1S/C29H20F2N2O4/c1-36-29(35)20-4-2-18(3-5-20)17-33-28(34)26-15-21(22-12-19(16-32)13-24(31)14-22)6-11-27(26)37-25-9-7-23(30)8-10-25/h2-15H,17H2,1H3,(H,33,34). The summed E-state index contributed by atoms with van der Waals surface area (Å²) in [5.41, 5.74) is 2.32. The highest BCUT2D eigenvalue weighted by molar-refractivity contribution is 5.98. The third kappa shape index (κ3) is 6.16. The highest BCUT2D eigenvalue weighted by Crippen LogP contribution is 2.31. The second-order valence-electron chi connectivity index (χ2n) is 7.98. The fourth-order valence-electron chi connectivity index (χ4n) is 3.58. The molecule has 0 saturated carbocycles. The van der Waals surface area contributed by atoms with Crippen LogP contribution in [0.25, 0.3) is 11.1 Å². The first-order valence-electron chi connectivity index (χ1n) is 11.1. The molecule has 6 nitrogen and oxygen atoms in total. The number of rotatable bonds is 7. The molecule has 37 heavy (non-hydrogen) atoms. The summed E-state index contributed by atoms with van der Waals surface area (Å²) in [7, 11) is 1.29. The number of nitrogens with zero attached hydrogens (tertiary/aromatic N) is 1. The quantitative estimate of drug-likeness (QED) is 0.315. The Kier molecular flexibility index (Phi) is 7.55. The van der Waals surface area contributed by atoms with Crippen molar-refractivity contribution >= 4 is 11.9 Å². The van der Waals surface area contributed by atoms with Gasteiger partial charge in [-0.05, 0) is 83.4 Å². The van der Waals surface area contributed by atoms with Crippen molar-refractivity contribution in [3.8, 4) is 28.7 Å². The third-order valence-corrected chi connectivity index (χ3v) is 5.45. The molecule has 1 N–H and O–H groups in total. The average molecular weight is 498 g/mol. The van der Waals surface area contributed by atoms with Gasteiger partial charge in [-0.2, -0.15) is 5.26 Å². The molecule has 4 aromatic rings. The molecule has 8 heteroatoms. The number of carbonyl (C=O) groups excluding carboxylic acids is 2. The molecule has 1 amide bonds. The van der Waals surface area contributed by atoms with Crippen molar-refractivity contribution in [3.63, 3.8) is 0 Å². The molecule has 0 aliphatic carbocycles. The van der Waals surface area contributed by atoms with Gasteiger partial charge < -0.3 is 14.8 Å². The number of nitrogens with one attached hydrogen (secondary N) is 1. The normalized spacial score (nSPS) is 10.3. The lowest BCUT2D eigenvalue weighted by Gasteiger charge is -2.14. The summed E-state index contributed by atoms with van der Waals surface area (Å²) in [5.74, 6) is -1.44. The highest BCUT2D eigenvalue weighted by Gasteiger charge is 2.16. The van der Waals surface area contributed by atoms with Crippen LogP contribution in [0.3, 0.4) is 0 Å². The minimum atomic E-state index is -0.581. The zero-order valence-electron chi connectivity index (χ0n) is 19.6. The molecular formula is C29H20F2N2O4. The van der Waals surface area contributed by atoms with Crippen LogP contribution in [-0.4, -0.2) is 19.0 Å². The summed E-state index contributed by atoms with van der Waals surface area (Å²) in [5, 5.41) is 12.0. The van der Waals surface area contributed by atoms with Gasteiger partial charge in [0, 0.05) is 6.54 Å². The van der Waals surface area contributed by atoms with Crippen molar-refractivity contribution in [1.29, 1.82) is 5.26 Å². The van der Waals surface area contributed by atoms with Gasteiger partial charge in [-0.1, -0.05) is 18.2 Å². The van der Waals surface area contributed by atoms with Gasteiger partial charge in [-0.15, -0.1) is 0 Å². The molecule has 0 atom stereocenters. The summed E-state index contributed by atoms with van der Waals surface area (Å²) < 4.78 is 37.9. The fraction of sp³-hybridized carbons (Fsp3) is 0.0690. The molecule has 0 unspecified atom stereocenters. The van der Waals surface area contributed by atoms with Crippen LogP contribution in [0.5, 0.6) is 11.5 Å². The van der Waals surface area contributed by atoms with Gasteiger partial charge >= 0.3 is 5.97 Å². The lowest BCUT2D eigenvalue weighted by Crippen LogP contribution is -2.23. The number of carbonyl (C=O) groups is 2. The van der Waals surface area contributed by atoms with E-state index in [-0.39, 0.29) is 23.4 Å². The molecule has 0 fully saturated rings. The van der Waals surface area contributed by atoms with Crippen molar-refractivity contribution in [3.05, 3.63) is 119 Å². The van der Waals surface area contributed by atoms with E-state index in [2.05, 4.69) is 10.1 Å². The Balaban J connectivity index is 1.64. The molecule has 4 aromatic carbocycles. The van der Waals surface area contributed by atoms with Crippen LogP contribution < -0.4 is 10.1 Å². The van der Waals surface area contributed by atoms with Crippen molar-refractivity contribution < 1.29 is 27.8 Å². The Bertz CT molecular complexity index is 1490. The van der Waals surface area contributed by atoms with Gasteiger partial charge in [0.25, 0.3) is 5.91 Å². The Morgan fingerprint density at radius 2 is 1.59 bits per heavy atom. The molecule has 0 spiro atoms. The van der Waals surface area contributed by atoms with Gasteiger partial charge in [0.2, 0.25) is 0 Å². The predicted molar refractivity (Wildman–Crippen MR) is 132 cm³/mol. The minimum absolute atomic E-state index is 0.142. The number of esters is 1. The molecule has 0 saturated heterocycles. The van der Waals surface area contributed by atoms with Crippen LogP contribution in [0.15, 0.2) is 84.9 Å². The maximum absolute atomic E-state index is 14.1. The van der Waals surface area contributed by atoms with Crippen molar-refractivity contribution in [2.45, 2.75) is 6.54 Å². The average Bonchev–Trinajstić information content (AvgIpc) is 2.92. The molecule has 0 aliphatic heterocycles. The predicted octanol–water partition coefficient (Wildman–Crippen LogP) is 6.01. The number of methoxy groups -OCH3 is 1. The van der Waals surface area contributed by atoms with E-state index in [1.54, 1.807) is 36.4 Å². The number of halogens is 2. The second kappa shape index (κ2) is 11.1. The van der Waals surface area contributed by atoms with E-state index >= 15 is 0 Å². The molecule has 184 valence electrons. The first-order chi connectivity index (χ1) is 17.9. The number of benzene rings is 4. The molecule has 0 radical (unpaired) electrons. The van der Waals surface area contributed by atoms with Crippen molar-refractivity contribution in [2.24, 2.45) is 0 Å². The highest BCUT2D eigenvalue weighted by atomic mass is 19.1. The van der Waals surface area contributed by atoms with Gasteiger partial charge in [0.05, 0.1) is 29.9 Å². The summed E-state index contributed by atoms with van der Waals surface area (Å²) in [6.45, 7) is 0.152. The van der Waals surface area contributed by atoms with E-state index in [9.17, 15) is 23.6 Å². The third-order valence-electron chi connectivity index (χ3n) is 5.45. The molecule has 0 bridgehead atoms. The number of amides is 1. The monoisotopic (exact) mass is 498 g/mol.